The number of hydrogen-bond donors (Lipinski definition) is 1. The van der Waals surface area contributed by atoms with Gasteiger partial charge in [0.15, 0.2) is 0 Å². The van der Waals surface area contributed by atoms with Crippen LogP contribution in [0.2, 0.25) is 10.0 Å². The molecule has 0 spiro atoms. The van der Waals surface area contributed by atoms with Crippen molar-refractivity contribution >= 4 is 50.7 Å². The lowest BCUT2D eigenvalue weighted by molar-refractivity contribution is -0.140. The van der Waals surface area contributed by atoms with Crippen LogP contribution >= 0.6 is 23.2 Å². The zero-order valence-electron chi connectivity index (χ0n) is 20.8. The van der Waals surface area contributed by atoms with E-state index in [1.54, 1.807) is 6.07 Å². The Kier molecular flexibility index (Phi) is 9.66. The molecule has 0 heterocycles. The zero-order valence-corrected chi connectivity index (χ0v) is 23.2. The quantitative estimate of drug-likeness (QED) is 0.451. The smallest absolute Gasteiger partial charge is 0.244 e. The summed E-state index contributed by atoms with van der Waals surface area (Å²) < 4.78 is 26.4. The van der Waals surface area contributed by atoms with Gasteiger partial charge in [0.2, 0.25) is 21.8 Å². The third-order valence-electron chi connectivity index (χ3n) is 6.55. The number of benzene rings is 2. The maximum Gasteiger partial charge on any atom is 0.244 e. The van der Waals surface area contributed by atoms with Gasteiger partial charge in [-0.05, 0) is 55.5 Å². The van der Waals surface area contributed by atoms with E-state index in [9.17, 15) is 18.0 Å². The molecule has 10 heteroatoms. The minimum atomic E-state index is -3.90. The molecule has 1 N–H and O–H groups in total. The van der Waals surface area contributed by atoms with Crippen LogP contribution < -0.4 is 9.62 Å². The van der Waals surface area contributed by atoms with Crippen LogP contribution in [0.3, 0.4) is 0 Å². The van der Waals surface area contributed by atoms with E-state index in [0.29, 0.717) is 6.42 Å². The molecule has 2 aromatic rings. The number of hydrogen-bond acceptors (Lipinski definition) is 4. The minimum absolute atomic E-state index is 0.0970. The van der Waals surface area contributed by atoms with Crippen LogP contribution in [-0.4, -0.2) is 50.0 Å². The normalized spacial score (nSPS) is 14.9. The lowest BCUT2D eigenvalue weighted by Gasteiger charge is -2.34. The molecule has 1 aliphatic carbocycles. The van der Waals surface area contributed by atoms with Crippen LogP contribution in [-0.2, 0) is 26.2 Å². The molecule has 196 valence electrons. The number of aryl methyl sites for hydroxylation is 1. The number of anilines is 1. The number of rotatable bonds is 10. The first kappa shape index (κ1) is 28.3. The molecule has 1 fully saturated rings. The molecule has 0 aromatic heterocycles. The summed E-state index contributed by atoms with van der Waals surface area (Å²) in [4.78, 5) is 28.6. The van der Waals surface area contributed by atoms with Crippen molar-refractivity contribution in [2.24, 2.45) is 0 Å². The van der Waals surface area contributed by atoms with E-state index in [4.69, 9.17) is 23.2 Å². The van der Waals surface area contributed by atoms with Crippen molar-refractivity contribution in [2.45, 2.75) is 64.6 Å². The summed E-state index contributed by atoms with van der Waals surface area (Å²) in [5.41, 5.74) is 1.96. The van der Waals surface area contributed by atoms with Gasteiger partial charge in [0.1, 0.15) is 12.6 Å². The van der Waals surface area contributed by atoms with Gasteiger partial charge >= 0.3 is 0 Å². The summed E-state index contributed by atoms with van der Waals surface area (Å²) in [6, 6.07) is 11.4. The molecular formula is C26H33Cl2N3O4S. The van der Waals surface area contributed by atoms with Gasteiger partial charge < -0.3 is 10.2 Å². The molecule has 0 unspecified atom stereocenters. The SMILES string of the molecule is CC[C@@H](C(=O)NC1CCCC1)N(Cc1ccccc1C)C(=O)CN(c1cc(Cl)ccc1Cl)S(C)(=O)=O. The van der Waals surface area contributed by atoms with Crippen molar-refractivity contribution in [3.8, 4) is 0 Å². The molecule has 1 aliphatic rings. The van der Waals surface area contributed by atoms with Gasteiger partial charge in [-0.25, -0.2) is 8.42 Å². The first-order chi connectivity index (χ1) is 17.0. The van der Waals surface area contributed by atoms with E-state index in [-0.39, 0.29) is 34.2 Å². The summed E-state index contributed by atoms with van der Waals surface area (Å²) in [7, 11) is -3.90. The van der Waals surface area contributed by atoms with E-state index in [1.807, 2.05) is 38.1 Å². The Bertz CT molecular complexity index is 1200. The summed E-state index contributed by atoms with van der Waals surface area (Å²) in [6.45, 7) is 3.44. The number of carbonyl (C=O) groups excluding carboxylic acids is 2. The number of halogens is 2. The van der Waals surface area contributed by atoms with Crippen molar-refractivity contribution in [3.05, 3.63) is 63.6 Å². The van der Waals surface area contributed by atoms with Gasteiger partial charge in [-0.3, -0.25) is 13.9 Å². The van der Waals surface area contributed by atoms with E-state index in [2.05, 4.69) is 5.32 Å². The highest BCUT2D eigenvalue weighted by Crippen LogP contribution is 2.31. The highest BCUT2D eigenvalue weighted by Gasteiger charge is 2.33. The Morgan fingerprint density at radius 1 is 1.11 bits per heavy atom. The average molecular weight is 555 g/mol. The fourth-order valence-corrected chi connectivity index (χ4v) is 5.82. The molecule has 2 amide bonds. The second-order valence-electron chi connectivity index (χ2n) is 9.23. The average Bonchev–Trinajstić information content (AvgIpc) is 3.32. The van der Waals surface area contributed by atoms with Gasteiger partial charge in [0.05, 0.1) is 17.0 Å². The molecule has 2 aromatic carbocycles. The number of carbonyl (C=O) groups is 2. The minimum Gasteiger partial charge on any atom is -0.352 e. The molecule has 1 saturated carbocycles. The Morgan fingerprint density at radius 3 is 2.39 bits per heavy atom. The lowest BCUT2D eigenvalue weighted by atomic mass is 10.1. The molecular weight excluding hydrogens is 521 g/mol. The van der Waals surface area contributed by atoms with Gasteiger partial charge in [-0.15, -0.1) is 0 Å². The van der Waals surface area contributed by atoms with Crippen LogP contribution in [0.25, 0.3) is 0 Å². The van der Waals surface area contributed by atoms with Crippen molar-refractivity contribution in [2.75, 3.05) is 17.1 Å². The monoisotopic (exact) mass is 553 g/mol. The second kappa shape index (κ2) is 12.3. The van der Waals surface area contributed by atoms with Crippen molar-refractivity contribution < 1.29 is 18.0 Å². The Labute approximate surface area is 223 Å². The fraction of sp³-hybridized carbons (Fsp3) is 0.462. The van der Waals surface area contributed by atoms with Crippen LogP contribution in [0.5, 0.6) is 0 Å². The third-order valence-corrected chi connectivity index (χ3v) is 8.23. The summed E-state index contributed by atoms with van der Waals surface area (Å²) in [5.74, 6) is -0.730. The zero-order chi connectivity index (χ0) is 26.5. The molecule has 0 radical (unpaired) electrons. The molecule has 36 heavy (non-hydrogen) atoms. The number of sulfonamides is 1. The van der Waals surface area contributed by atoms with Gasteiger partial charge in [0, 0.05) is 17.6 Å². The Morgan fingerprint density at radius 2 is 1.78 bits per heavy atom. The largest absolute Gasteiger partial charge is 0.352 e. The van der Waals surface area contributed by atoms with E-state index in [1.165, 1.54) is 17.0 Å². The van der Waals surface area contributed by atoms with Crippen LogP contribution in [0.1, 0.15) is 50.2 Å². The molecule has 1 atom stereocenters. The van der Waals surface area contributed by atoms with Gasteiger partial charge in [-0.1, -0.05) is 67.2 Å². The van der Waals surface area contributed by atoms with Gasteiger partial charge in [-0.2, -0.15) is 0 Å². The predicted molar refractivity (Wildman–Crippen MR) is 145 cm³/mol. The molecule has 0 bridgehead atoms. The van der Waals surface area contributed by atoms with Crippen LogP contribution in [0, 0.1) is 6.92 Å². The van der Waals surface area contributed by atoms with Crippen LogP contribution in [0.15, 0.2) is 42.5 Å². The topological polar surface area (TPSA) is 86.8 Å². The second-order valence-corrected chi connectivity index (χ2v) is 12.0. The lowest BCUT2D eigenvalue weighted by Crippen LogP contribution is -2.53. The van der Waals surface area contributed by atoms with E-state index < -0.39 is 28.5 Å². The molecule has 0 saturated heterocycles. The van der Waals surface area contributed by atoms with E-state index >= 15 is 0 Å². The first-order valence-corrected chi connectivity index (χ1v) is 14.7. The predicted octanol–water partition coefficient (Wildman–Crippen LogP) is 4.93. The number of nitrogens with one attached hydrogen (secondary N) is 1. The van der Waals surface area contributed by atoms with E-state index in [0.717, 1.165) is 47.4 Å². The highest BCUT2D eigenvalue weighted by molar-refractivity contribution is 7.92. The molecule has 7 nitrogen and oxygen atoms in total. The summed E-state index contributed by atoms with van der Waals surface area (Å²) in [5, 5.41) is 3.53. The maximum absolute atomic E-state index is 13.8. The molecule has 0 aliphatic heterocycles. The van der Waals surface area contributed by atoms with Crippen molar-refractivity contribution in [3.63, 3.8) is 0 Å². The number of nitrogens with zero attached hydrogens (tertiary/aromatic N) is 2. The van der Waals surface area contributed by atoms with Crippen LogP contribution in [0.4, 0.5) is 5.69 Å². The standard InChI is InChI=1S/C26H33Cl2N3O4S/c1-4-23(26(33)29-21-11-7-8-12-21)30(16-19-10-6-5-9-18(19)2)25(32)17-31(36(3,34)35)24-15-20(27)13-14-22(24)28/h5-6,9-10,13-15,21,23H,4,7-8,11-12,16-17H2,1-3H3,(H,29,33)/t23-/m0/s1. The third kappa shape index (κ3) is 7.14. The Balaban J connectivity index is 1.96. The van der Waals surface area contributed by atoms with Gasteiger partial charge in [0.25, 0.3) is 0 Å². The Hall–Kier alpha value is -2.29. The van der Waals surface area contributed by atoms with Crippen molar-refractivity contribution in [1.29, 1.82) is 0 Å². The summed E-state index contributed by atoms with van der Waals surface area (Å²) >= 11 is 12.4. The molecule has 3 rings (SSSR count). The number of amides is 2. The highest BCUT2D eigenvalue weighted by atomic mass is 35.5. The maximum atomic E-state index is 13.8. The fourth-order valence-electron chi connectivity index (χ4n) is 4.53. The summed E-state index contributed by atoms with van der Waals surface area (Å²) in [6.07, 6.45) is 5.36. The first-order valence-electron chi connectivity index (χ1n) is 12.1. The van der Waals surface area contributed by atoms with Crippen molar-refractivity contribution in [1.82, 2.24) is 10.2 Å².